The summed E-state index contributed by atoms with van der Waals surface area (Å²) in [5.74, 6) is 0.571. The van der Waals surface area contributed by atoms with Crippen molar-refractivity contribution in [2.45, 2.75) is 25.9 Å². The van der Waals surface area contributed by atoms with Gasteiger partial charge in [0.2, 0.25) is 0 Å². The van der Waals surface area contributed by atoms with Crippen molar-refractivity contribution in [3.8, 4) is 0 Å². The average molecular weight is 128 g/mol. The van der Waals surface area contributed by atoms with E-state index in [0.717, 1.165) is 6.42 Å². The molecule has 0 fully saturated rings. The highest BCUT2D eigenvalue weighted by molar-refractivity contribution is 5.03. The first-order chi connectivity index (χ1) is 4.20. The normalized spacial score (nSPS) is 36.0. The Kier molecular flexibility index (Phi) is 1.76. The Labute approximate surface area is 54.8 Å². The Morgan fingerprint density at radius 2 is 2.22 bits per heavy atom. The number of hydrogen-bond acceptors (Lipinski definition) is 2. The Morgan fingerprint density at radius 1 is 1.56 bits per heavy atom. The molecule has 0 aromatic rings. The third-order valence-electron chi connectivity index (χ3n) is 1.69. The Hall–Kier alpha value is -0.500. The lowest BCUT2D eigenvalue weighted by Gasteiger charge is -2.18. The highest BCUT2D eigenvalue weighted by Gasteiger charge is 2.16. The topological polar surface area (TPSA) is 40.5 Å². The molecule has 52 valence electrons. The van der Waals surface area contributed by atoms with Gasteiger partial charge in [0, 0.05) is 0 Å². The van der Waals surface area contributed by atoms with Crippen LogP contribution in [0.3, 0.4) is 0 Å². The van der Waals surface area contributed by atoms with Crippen LogP contribution in [-0.2, 0) is 0 Å². The van der Waals surface area contributed by atoms with Gasteiger partial charge in [-0.05, 0) is 24.8 Å². The standard InChI is InChI=1S/C7H12O2/c1-5-2-3-6(8)7(9)4-5/h4-6,8-9H,2-3H2,1H3/t5?,6-/m0/s1. The molecule has 0 amide bonds. The van der Waals surface area contributed by atoms with Crippen LogP contribution in [0.2, 0.25) is 0 Å². The zero-order chi connectivity index (χ0) is 6.85. The molecule has 2 atom stereocenters. The minimum Gasteiger partial charge on any atom is -0.510 e. The molecule has 0 saturated carbocycles. The van der Waals surface area contributed by atoms with Crippen LogP contribution in [0.15, 0.2) is 11.8 Å². The van der Waals surface area contributed by atoms with E-state index in [1.54, 1.807) is 6.08 Å². The van der Waals surface area contributed by atoms with Crippen molar-refractivity contribution in [3.63, 3.8) is 0 Å². The molecule has 1 aliphatic carbocycles. The Bertz CT molecular complexity index is 129. The molecule has 0 saturated heterocycles. The predicted octanol–water partition coefficient (Wildman–Crippen LogP) is 1.22. The maximum Gasteiger partial charge on any atom is 0.117 e. The number of allylic oxidation sites excluding steroid dienone is 1. The van der Waals surface area contributed by atoms with Crippen molar-refractivity contribution in [2.75, 3.05) is 0 Å². The van der Waals surface area contributed by atoms with Gasteiger partial charge in [-0.3, -0.25) is 0 Å². The summed E-state index contributed by atoms with van der Waals surface area (Å²) >= 11 is 0. The van der Waals surface area contributed by atoms with Gasteiger partial charge in [0.15, 0.2) is 0 Å². The van der Waals surface area contributed by atoms with Crippen LogP contribution in [0.1, 0.15) is 19.8 Å². The second-order valence-corrected chi connectivity index (χ2v) is 2.66. The molecule has 0 aliphatic heterocycles. The van der Waals surface area contributed by atoms with Crippen molar-refractivity contribution in [1.82, 2.24) is 0 Å². The highest BCUT2D eigenvalue weighted by Crippen LogP contribution is 2.20. The van der Waals surface area contributed by atoms with E-state index < -0.39 is 6.10 Å². The van der Waals surface area contributed by atoms with Crippen LogP contribution in [0.25, 0.3) is 0 Å². The number of aliphatic hydroxyl groups excluding tert-OH is 2. The molecule has 0 aromatic carbocycles. The van der Waals surface area contributed by atoms with E-state index in [-0.39, 0.29) is 5.76 Å². The van der Waals surface area contributed by atoms with Crippen molar-refractivity contribution >= 4 is 0 Å². The minimum absolute atomic E-state index is 0.147. The quantitative estimate of drug-likeness (QED) is 0.515. The number of rotatable bonds is 0. The molecule has 2 heteroatoms. The molecular formula is C7H12O2. The lowest BCUT2D eigenvalue weighted by Crippen LogP contribution is -2.16. The van der Waals surface area contributed by atoms with E-state index in [1.165, 1.54) is 0 Å². The van der Waals surface area contributed by atoms with Gasteiger partial charge in [-0.25, -0.2) is 0 Å². The fourth-order valence-electron chi connectivity index (χ4n) is 1.05. The molecule has 0 radical (unpaired) electrons. The maximum absolute atomic E-state index is 8.98. The molecule has 2 N–H and O–H groups in total. The predicted molar refractivity (Wildman–Crippen MR) is 35.1 cm³/mol. The first-order valence-electron chi connectivity index (χ1n) is 3.29. The van der Waals surface area contributed by atoms with Crippen LogP contribution in [0.4, 0.5) is 0 Å². The van der Waals surface area contributed by atoms with E-state index in [2.05, 4.69) is 0 Å². The summed E-state index contributed by atoms with van der Waals surface area (Å²) in [6.45, 7) is 2.03. The third-order valence-corrected chi connectivity index (χ3v) is 1.69. The lowest BCUT2D eigenvalue weighted by molar-refractivity contribution is 0.127. The molecule has 1 unspecified atom stereocenters. The number of hydrogen-bond donors (Lipinski definition) is 2. The van der Waals surface area contributed by atoms with Crippen molar-refractivity contribution in [3.05, 3.63) is 11.8 Å². The summed E-state index contributed by atoms with van der Waals surface area (Å²) in [6, 6.07) is 0. The molecular weight excluding hydrogens is 116 g/mol. The molecule has 0 aromatic heterocycles. The van der Waals surface area contributed by atoms with E-state index in [1.807, 2.05) is 6.92 Å². The Balaban J connectivity index is 2.61. The molecule has 2 nitrogen and oxygen atoms in total. The summed E-state index contributed by atoms with van der Waals surface area (Å²) < 4.78 is 0. The van der Waals surface area contributed by atoms with Crippen LogP contribution in [-0.4, -0.2) is 16.3 Å². The van der Waals surface area contributed by atoms with Crippen molar-refractivity contribution in [1.29, 1.82) is 0 Å². The van der Waals surface area contributed by atoms with Crippen LogP contribution >= 0.6 is 0 Å². The van der Waals surface area contributed by atoms with Gasteiger partial charge in [0.25, 0.3) is 0 Å². The zero-order valence-corrected chi connectivity index (χ0v) is 5.54. The minimum atomic E-state index is -0.596. The molecule has 1 rings (SSSR count). The van der Waals surface area contributed by atoms with E-state index in [9.17, 15) is 0 Å². The van der Waals surface area contributed by atoms with Crippen LogP contribution in [0, 0.1) is 5.92 Å². The largest absolute Gasteiger partial charge is 0.510 e. The van der Waals surface area contributed by atoms with Gasteiger partial charge in [-0.15, -0.1) is 0 Å². The summed E-state index contributed by atoms with van der Waals surface area (Å²) in [7, 11) is 0. The van der Waals surface area contributed by atoms with Crippen molar-refractivity contribution in [2.24, 2.45) is 5.92 Å². The van der Waals surface area contributed by atoms with Crippen molar-refractivity contribution < 1.29 is 10.2 Å². The van der Waals surface area contributed by atoms with Gasteiger partial charge in [0.05, 0.1) is 0 Å². The summed E-state index contributed by atoms with van der Waals surface area (Å²) in [4.78, 5) is 0. The van der Waals surface area contributed by atoms with Gasteiger partial charge >= 0.3 is 0 Å². The average Bonchev–Trinajstić information content (AvgIpc) is 1.80. The second-order valence-electron chi connectivity index (χ2n) is 2.66. The van der Waals surface area contributed by atoms with Gasteiger partial charge in [0.1, 0.15) is 11.9 Å². The summed E-state index contributed by atoms with van der Waals surface area (Å²) in [6.07, 6.45) is 2.80. The molecule has 0 spiro atoms. The molecule has 0 bridgehead atoms. The smallest absolute Gasteiger partial charge is 0.117 e. The summed E-state index contributed by atoms with van der Waals surface area (Å²) in [5, 5.41) is 17.9. The lowest BCUT2D eigenvalue weighted by atomic mass is 9.95. The highest BCUT2D eigenvalue weighted by atomic mass is 16.3. The summed E-state index contributed by atoms with van der Waals surface area (Å²) in [5.41, 5.74) is 0. The first kappa shape index (κ1) is 6.62. The van der Waals surface area contributed by atoms with Crippen LogP contribution < -0.4 is 0 Å². The fraction of sp³-hybridized carbons (Fsp3) is 0.714. The molecule has 1 aliphatic rings. The monoisotopic (exact) mass is 128 g/mol. The zero-order valence-electron chi connectivity index (χ0n) is 5.54. The third kappa shape index (κ3) is 1.45. The fourth-order valence-corrected chi connectivity index (χ4v) is 1.05. The maximum atomic E-state index is 8.98. The Morgan fingerprint density at radius 3 is 2.67 bits per heavy atom. The SMILES string of the molecule is CC1C=C(O)[C@@H](O)CC1. The second kappa shape index (κ2) is 2.40. The van der Waals surface area contributed by atoms with Crippen LogP contribution in [0.5, 0.6) is 0 Å². The van der Waals surface area contributed by atoms with Gasteiger partial charge in [-0.1, -0.05) is 6.92 Å². The van der Waals surface area contributed by atoms with E-state index >= 15 is 0 Å². The molecule has 9 heavy (non-hydrogen) atoms. The first-order valence-corrected chi connectivity index (χ1v) is 3.29. The molecule has 0 heterocycles. The van der Waals surface area contributed by atoms with E-state index in [0.29, 0.717) is 12.3 Å². The number of aliphatic hydroxyl groups is 2. The van der Waals surface area contributed by atoms with E-state index in [4.69, 9.17) is 10.2 Å². The van der Waals surface area contributed by atoms with Gasteiger partial charge < -0.3 is 10.2 Å². The van der Waals surface area contributed by atoms with Gasteiger partial charge in [-0.2, -0.15) is 0 Å².